The summed E-state index contributed by atoms with van der Waals surface area (Å²) in [6.07, 6.45) is 1.54. The standard InChI is InChI=1S/C5H8ClN/c1-3-7-4-5(2)6/h4H,2-3H2,1H3. The number of hydrogen-bond acceptors (Lipinski definition) is 1. The van der Waals surface area contributed by atoms with Crippen LogP contribution in [0.3, 0.4) is 0 Å². The fourth-order valence-corrected chi connectivity index (χ4v) is 0.259. The van der Waals surface area contributed by atoms with Crippen LogP contribution in [-0.4, -0.2) is 12.8 Å². The quantitative estimate of drug-likeness (QED) is 0.490. The highest BCUT2D eigenvalue weighted by atomic mass is 35.5. The van der Waals surface area contributed by atoms with Gasteiger partial charge in [0.25, 0.3) is 0 Å². The van der Waals surface area contributed by atoms with Crippen LogP contribution in [0.5, 0.6) is 0 Å². The lowest BCUT2D eigenvalue weighted by Crippen LogP contribution is -1.71. The molecule has 1 nitrogen and oxygen atoms in total. The van der Waals surface area contributed by atoms with E-state index in [1.165, 1.54) is 0 Å². The van der Waals surface area contributed by atoms with Gasteiger partial charge in [-0.3, -0.25) is 4.99 Å². The van der Waals surface area contributed by atoms with Crippen molar-refractivity contribution in [2.45, 2.75) is 6.92 Å². The van der Waals surface area contributed by atoms with E-state index >= 15 is 0 Å². The maximum atomic E-state index is 5.31. The minimum Gasteiger partial charge on any atom is -0.292 e. The number of nitrogens with zero attached hydrogens (tertiary/aromatic N) is 1. The van der Waals surface area contributed by atoms with Crippen LogP contribution in [0, 0.1) is 0 Å². The summed E-state index contributed by atoms with van der Waals surface area (Å²) in [5, 5.41) is 0.488. The molecular weight excluding hydrogens is 110 g/mol. The number of aliphatic imine (C=N–C) groups is 1. The van der Waals surface area contributed by atoms with Crippen LogP contribution in [0.15, 0.2) is 16.6 Å². The monoisotopic (exact) mass is 117 g/mol. The van der Waals surface area contributed by atoms with E-state index in [2.05, 4.69) is 11.6 Å². The van der Waals surface area contributed by atoms with Gasteiger partial charge in [0.2, 0.25) is 0 Å². The Balaban J connectivity index is 3.26. The Morgan fingerprint density at radius 1 is 2.00 bits per heavy atom. The summed E-state index contributed by atoms with van der Waals surface area (Å²) in [7, 11) is 0. The van der Waals surface area contributed by atoms with Crippen molar-refractivity contribution in [2.75, 3.05) is 6.54 Å². The molecule has 0 saturated heterocycles. The van der Waals surface area contributed by atoms with Crippen molar-refractivity contribution in [2.24, 2.45) is 4.99 Å². The second-order valence-corrected chi connectivity index (χ2v) is 1.56. The lowest BCUT2D eigenvalue weighted by Gasteiger charge is -1.77. The van der Waals surface area contributed by atoms with Gasteiger partial charge >= 0.3 is 0 Å². The van der Waals surface area contributed by atoms with Crippen molar-refractivity contribution in [3.05, 3.63) is 11.6 Å². The van der Waals surface area contributed by atoms with Gasteiger partial charge < -0.3 is 0 Å². The molecule has 0 N–H and O–H groups in total. The van der Waals surface area contributed by atoms with Crippen LogP contribution in [0.1, 0.15) is 6.92 Å². The van der Waals surface area contributed by atoms with Gasteiger partial charge in [-0.1, -0.05) is 18.2 Å². The van der Waals surface area contributed by atoms with Crippen molar-refractivity contribution in [1.29, 1.82) is 0 Å². The second-order valence-electron chi connectivity index (χ2n) is 1.07. The number of rotatable bonds is 2. The molecule has 0 spiro atoms. The first-order chi connectivity index (χ1) is 3.27. The summed E-state index contributed by atoms with van der Waals surface area (Å²) in [4.78, 5) is 3.81. The van der Waals surface area contributed by atoms with Crippen LogP contribution < -0.4 is 0 Å². The summed E-state index contributed by atoms with van der Waals surface area (Å²) in [6.45, 7) is 6.12. The van der Waals surface area contributed by atoms with Gasteiger partial charge in [-0.2, -0.15) is 0 Å². The Hall–Kier alpha value is -0.300. The first-order valence-corrected chi connectivity index (χ1v) is 2.49. The Morgan fingerprint density at radius 3 is 2.71 bits per heavy atom. The molecule has 7 heavy (non-hydrogen) atoms. The average molecular weight is 118 g/mol. The van der Waals surface area contributed by atoms with Crippen molar-refractivity contribution < 1.29 is 0 Å². The van der Waals surface area contributed by atoms with E-state index in [9.17, 15) is 0 Å². The van der Waals surface area contributed by atoms with Crippen molar-refractivity contribution in [3.8, 4) is 0 Å². The molecule has 2 heteroatoms. The van der Waals surface area contributed by atoms with Gasteiger partial charge in [-0.05, 0) is 6.92 Å². The van der Waals surface area contributed by atoms with Crippen molar-refractivity contribution in [3.63, 3.8) is 0 Å². The highest BCUT2D eigenvalue weighted by molar-refractivity contribution is 6.38. The summed E-state index contributed by atoms with van der Waals surface area (Å²) in [6, 6.07) is 0. The second kappa shape index (κ2) is 3.88. The molecule has 0 aromatic carbocycles. The van der Waals surface area contributed by atoms with E-state index < -0.39 is 0 Å². The van der Waals surface area contributed by atoms with Crippen LogP contribution >= 0.6 is 11.6 Å². The Morgan fingerprint density at radius 2 is 2.57 bits per heavy atom. The lowest BCUT2D eigenvalue weighted by molar-refractivity contribution is 1.14. The predicted octanol–water partition coefficient (Wildman–Crippen LogP) is 1.83. The van der Waals surface area contributed by atoms with Crippen LogP contribution in [0.4, 0.5) is 0 Å². The minimum atomic E-state index is 0.488. The van der Waals surface area contributed by atoms with Crippen LogP contribution in [0.25, 0.3) is 0 Å². The van der Waals surface area contributed by atoms with Gasteiger partial charge in [0.1, 0.15) is 0 Å². The zero-order valence-corrected chi connectivity index (χ0v) is 5.07. The van der Waals surface area contributed by atoms with Crippen LogP contribution in [0.2, 0.25) is 0 Å². The normalized spacial score (nSPS) is 10.0. The molecule has 0 unspecified atom stereocenters. The summed E-state index contributed by atoms with van der Waals surface area (Å²) in [5.74, 6) is 0. The fraction of sp³-hybridized carbons (Fsp3) is 0.400. The number of hydrogen-bond donors (Lipinski definition) is 0. The molecule has 0 heterocycles. The summed E-state index contributed by atoms with van der Waals surface area (Å²) in [5.41, 5.74) is 0. The number of allylic oxidation sites excluding steroid dienone is 1. The molecule has 0 rings (SSSR count). The molecule has 0 bridgehead atoms. The van der Waals surface area contributed by atoms with Gasteiger partial charge in [0.05, 0.1) is 5.03 Å². The van der Waals surface area contributed by atoms with Crippen molar-refractivity contribution in [1.82, 2.24) is 0 Å². The topological polar surface area (TPSA) is 12.4 Å². The Kier molecular flexibility index (Phi) is 3.71. The van der Waals surface area contributed by atoms with Gasteiger partial charge in [-0.25, -0.2) is 0 Å². The van der Waals surface area contributed by atoms with Crippen LogP contribution in [-0.2, 0) is 0 Å². The Labute approximate surface area is 48.7 Å². The third-order valence-corrected chi connectivity index (χ3v) is 0.512. The minimum absolute atomic E-state index is 0.488. The Bertz CT molecular complexity index is 86.1. The van der Waals surface area contributed by atoms with Gasteiger partial charge in [-0.15, -0.1) is 0 Å². The maximum absolute atomic E-state index is 5.31. The smallest absolute Gasteiger partial charge is 0.0512 e. The van der Waals surface area contributed by atoms with E-state index in [0.29, 0.717) is 5.03 Å². The third-order valence-electron chi connectivity index (χ3n) is 0.414. The molecule has 0 radical (unpaired) electrons. The molecule has 0 aromatic rings. The zero-order chi connectivity index (χ0) is 5.70. The zero-order valence-electron chi connectivity index (χ0n) is 4.32. The molecule has 0 atom stereocenters. The largest absolute Gasteiger partial charge is 0.292 e. The predicted molar refractivity (Wildman–Crippen MR) is 34.0 cm³/mol. The van der Waals surface area contributed by atoms with Gasteiger partial charge in [0.15, 0.2) is 0 Å². The van der Waals surface area contributed by atoms with Crippen molar-refractivity contribution >= 4 is 17.8 Å². The van der Waals surface area contributed by atoms with Gasteiger partial charge in [0, 0.05) is 12.8 Å². The molecule has 0 aliphatic rings. The van der Waals surface area contributed by atoms with E-state index in [4.69, 9.17) is 11.6 Å². The fourth-order valence-electron chi connectivity index (χ4n) is 0.190. The van der Waals surface area contributed by atoms with E-state index in [-0.39, 0.29) is 0 Å². The summed E-state index contributed by atoms with van der Waals surface area (Å²) >= 11 is 5.31. The molecule has 0 saturated carbocycles. The lowest BCUT2D eigenvalue weighted by atomic mass is 10.7. The molecular formula is C5H8ClN. The molecule has 0 fully saturated rings. The highest BCUT2D eigenvalue weighted by Crippen LogP contribution is 1.88. The molecule has 0 aliphatic carbocycles. The summed E-state index contributed by atoms with van der Waals surface area (Å²) < 4.78 is 0. The SMILES string of the molecule is C=C(Cl)C=NCC. The molecule has 0 aromatic heterocycles. The molecule has 0 amide bonds. The molecule has 40 valence electrons. The highest BCUT2D eigenvalue weighted by Gasteiger charge is 1.71. The van der Waals surface area contributed by atoms with E-state index in [1.807, 2.05) is 6.92 Å². The molecule has 0 aliphatic heterocycles. The van der Waals surface area contributed by atoms with E-state index in [1.54, 1.807) is 6.21 Å². The maximum Gasteiger partial charge on any atom is 0.0512 e. The average Bonchev–Trinajstić information content (AvgIpc) is 1.61. The van der Waals surface area contributed by atoms with E-state index in [0.717, 1.165) is 6.54 Å². The number of halogens is 1. The first-order valence-electron chi connectivity index (χ1n) is 2.11. The third kappa shape index (κ3) is 5.70. The first kappa shape index (κ1) is 6.70.